The SMILES string of the molecule is C[C@@H]1C[C@@H](C)C[NH+](C2CC[NH+](Cc3ccncc3)CC2)C1. The molecule has 0 radical (unpaired) electrons. The Morgan fingerprint density at radius 2 is 1.67 bits per heavy atom. The first kappa shape index (κ1) is 15.0. The smallest absolute Gasteiger partial charge is 0.103 e. The van der Waals surface area contributed by atoms with E-state index in [2.05, 4.69) is 31.0 Å². The molecule has 2 atom stereocenters. The fourth-order valence-corrected chi connectivity index (χ4v) is 4.57. The molecule has 21 heavy (non-hydrogen) atoms. The molecular formula is C18H31N3+2. The van der Waals surface area contributed by atoms with Crippen LogP contribution in [-0.4, -0.2) is 37.2 Å². The molecule has 0 aromatic carbocycles. The molecule has 2 aliphatic heterocycles. The van der Waals surface area contributed by atoms with Gasteiger partial charge in [0.25, 0.3) is 0 Å². The third-order valence-electron chi connectivity index (χ3n) is 5.50. The van der Waals surface area contributed by atoms with Crippen molar-refractivity contribution in [2.45, 2.75) is 45.7 Å². The zero-order chi connectivity index (χ0) is 14.7. The summed E-state index contributed by atoms with van der Waals surface area (Å²) in [6.45, 7) is 11.6. The van der Waals surface area contributed by atoms with Crippen molar-refractivity contribution in [1.82, 2.24) is 4.98 Å². The number of likely N-dealkylation sites (tertiary alicyclic amines) is 2. The molecule has 1 aromatic rings. The van der Waals surface area contributed by atoms with E-state index in [4.69, 9.17) is 0 Å². The van der Waals surface area contributed by atoms with Crippen LogP contribution in [0.2, 0.25) is 0 Å². The van der Waals surface area contributed by atoms with Crippen LogP contribution in [0, 0.1) is 11.8 Å². The zero-order valence-electron chi connectivity index (χ0n) is 13.6. The van der Waals surface area contributed by atoms with Gasteiger partial charge < -0.3 is 9.80 Å². The molecule has 0 spiro atoms. The Balaban J connectivity index is 1.48. The topological polar surface area (TPSA) is 21.8 Å². The quantitative estimate of drug-likeness (QED) is 0.815. The van der Waals surface area contributed by atoms with Crippen molar-refractivity contribution in [3.63, 3.8) is 0 Å². The van der Waals surface area contributed by atoms with E-state index in [1.807, 2.05) is 17.3 Å². The number of nitrogens with zero attached hydrogens (tertiary/aromatic N) is 1. The van der Waals surface area contributed by atoms with E-state index < -0.39 is 0 Å². The van der Waals surface area contributed by atoms with E-state index >= 15 is 0 Å². The molecule has 0 unspecified atom stereocenters. The van der Waals surface area contributed by atoms with Crippen molar-refractivity contribution in [3.8, 4) is 0 Å². The van der Waals surface area contributed by atoms with E-state index in [0.29, 0.717) is 0 Å². The van der Waals surface area contributed by atoms with Crippen LogP contribution in [0.1, 0.15) is 38.7 Å². The Morgan fingerprint density at radius 1 is 1.05 bits per heavy atom. The highest BCUT2D eigenvalue weighted by Gasteiger charge is 2.34. The van der Waals surface area contributed by atoms with Gasteiger partial charge in [-0.3, -0.25) is 4.98 Å². The molecule has 2 N–H and O–H groups in total. The number of aromatic nitrogens is 1. The van der Waals surface area contributed by atoms with Crippen LogP contribution in [0.15, 0.2) is 24.5 Å². The van der Waals surface area contributed by atoms with Crippen LogP contribution in [0.25, 0.3) is 0 Å². The van der Waals surface area contributed by atoms with Crippen molar-refractivity contribution in [1.29, 1.82) is 0 Å². The second-order valence-electron chi connectivity index (χ2n) is 7.57. The van der Waals surface area contributed by atoms with Gasteiger partial charge in [-0.25, -0.2) is 0 Å². The zero-order valence-corrected chi connectivity index (χ0v) is 13.6. The number of pyridine rings is 1. The monoisotopic (exact) mass is 289 g/mol. The Bertz CT molecular complexity index is 415. The maximum Gasteiger partial charge on any atom is 0.103 e. The van der Waals surface area contributed by atoms with Crippen LogP contribution in [0.5, 0.6) is 0 Å². The van der Waals surface area contributed by atoms with E-state index in [-0.39, 0.29) is 0 Å². The average molecular weight is 289 g/mol. The van der Waals surface area contributed by atoms with Crippen LogP contribution in [-0.2, 0) is 6.54 Å². The van der Waals surface area contributed by atoms with Crippen molar-refractivity contribution in [2.75, 3.05) is 26.2 Å². The molecule has 0 saturated carbocycles. The average Bonchev–Trinajstić information content (AvgIpc) is 2.48. The van der Waals surface area contributed by atoms with Crippen molar-refractivity contribution in [3.05, 3.63) is 30.1 Å². The summed E-state index contributed by atoms with van der Waals surface area (Å²) in [5.41, 5.74) is 1.44. The minimum absolute atomic E-state index is 0.922. The van der Waals surface area contributed by atoms with Crippen molar-refractivity contribution < 1.29 is 9.80 Å². The molecule has 3 rings (SSSR count). The Kier molecular flexibility index (Phi) is 4.91. The van der Waals surface area contributed by atoms with Gasteiger partial charge in [-0.1, -0.05) is 13.8 Å². The summed E-state index contributed by atoms with van der Waals surface area (Å²) in [4.78, 5) is 7.78. The minimum atomic E-state index is 0.922. The van der Waals surface area contributed by atoms with E-state index in [1.54, 1.807) is 4.90 Å². The second-order valence-corrected chi connectivity index (χ2v) is 7.57. The van der Waals surface area contributed by atoms with E-state index in [0.717, 1.165) is 17.9 Å². The molecule has 2 fully saturated rings. The summed E-state index contributed by atoms with van der Waals surface area (Å²) in [5.74, 6) is 1.84. The van der Waals surface area contributed by atoms with E-state index in [1.165, 1.54) is 57.5 Å². The summed E-state index contributed by atoms with van der Waals surface area (Å²) in [7, 11) is 0. The van der Waals surface area contributed by atoms with Crippen molar-refractivity contribution >= 4 is 0 Å². The van der Waals surface area contributed by atoms with Gasteiger partial charge in [-0.05, 0) is 18.6 Å². The van der Waals surface area contributed by atoms with E-state index in [9.17, 15) is 0 Å². The molecule has 0 aliphatic carbocycles. The first-order valence-electron chi connectivity index (χ1n) is 8.77. The fraction of sp³-hybridized carbons (Fsp3) is 0.722. The van der Waals surface area contributed by atoms with Gasteiger partial charge in [0.05, 0.1) is 32.2 Å². The molecule has 2 saturated heterocycles. The Hall–Kier alpha value is -0.930. The molecule has 2 aliphatic rings. The lowest BCUT2D eigenvalue weighted by molar-refractivity contribution is -0.969. The number of quaternary nitrogens is 2. The fourth-order valence-electron chi connectivity index (χ4n) is 4.57. The number of nitrogens with one attached hydrogen (secondary N) is 2. The molecule has 0 bridgehead atoms. The molecular weight excluding hydrogens is 258 g/mol. The normalized spacial score (nSPS) is 37.3. The predicted molar refractivity (Wildman–Crippen MR) is 85.3 cm³/mol. The lowest BCUT2D eigenvalue weighted by atomic mass is 9.89. The van der Waals surface area contributed by atoms with Gasteiger partial charge in [0.15, 0.2) is 0 Å². The van der Waals surface area contributed by atoms with Crippen LogP contribution < -0.4 is 9.80 Å². The first-order chi connectivity index (χ1) is 10.2. The molecule has 3 nitrogen and oxygen atoms in total. The van der Waals surface area contributed by atoms with Gasteiger partial charge in [-0.2, -0.15) is 0 Å². The molecule has 1 aromatic heterocycles. The summed E-state index contributed by atoms with van der Waals surface area (Å²) in [6, 6.07) is 5.26. The number of hydrogen-bond acceptors (Lipinski definition) is 1. The standard InChI is InChI=1S/C18H29N3/c1-15-11-16(2)13-21(12-15)18-5-9-20(10-6-18)14-17-3-7-19-8-4-17/h3-4,7-8,15-16,18H,5-6,9-14H2,1-2H3/p+2/t15-,16-/m1/s1. The summed E-state index contributed by atoms with van der Waals surface area (Å²) in [5, 5.41) is 0. The maximum atomic E-state index is 4.11. The molecule has 116 valence electrons. The van der Waals surface area contributed by atoms with Crippen LogP contribution in [0.4, 0.5) is 0 Å². The predicted octanol–water partition coefficient (Wildman–Crippen LogP) is 0.190. The first-order valence-corrected chi connectivity index (χ1v) is 8.77. The Morgan fingerprint density at radius 3 is 2.29 bits per heavy atom. The number of rotatable bonds is 3. The third-order valence-corrected chi connectivity index (χ3v) is 5.50. The minimum Gasteiger partial charge on any atom is -0.332 e. The lowest BCUT2D eigenvalue weighted by Gasteiger charge is -2.39. The van der Waals surface area contributed by atoms with Crippen LogP contribution in [0.3, 0.4) is 0 Å². The van der Waals surface area contributed by atoms with Gasteiger partial charge in [0.1, 0.15) is 6.54 Å². The highest BCUT2D eigenvalue weighted by atomic mass is 15.2. The summed E-state index contributed by atoms with van der Waals surface area (Å²) < 4.78 is 0. The second kappa shape index (κ2) is 6.89. The van der Waals surface area contributed by atoms with Crippen LogP contribution >= 0.6 is 0 Å². The highest BCUT2D eigenvalue weighted by molar-refractivity contribution is 5.07. The van der Waals surface area contributed by atoms with Gasteiger partial charge in [0, 0.05) is 42.6 Å². The number of hydrogen-bond donors (Lipinski definition) is 2. The highest BCUT2D eigenvalue weighted by Crippen LogP contribution is 2.13. The Labute approximate surface area is 129 Å². The summed E-state index contributed by atoms with van der Waals surface area (Å²) >= 11 is 0. The molecule has 3 heterocycles. The lowest BCUT2D eigenvalue weighted by Crippen LogP contribution is -3.21. The maximum absolute atomic E-state index is 4.11. The molecule has 3 heteroatoms. The van der Waals surface area contributed by atoms with Gasteiger partial charge >= 0.3 is 0 Å². The van der Waals surface area contributed by atoms with Gasteiger partial charge in [0.2, 0.25) is 0 Å². The third kappa shape index (κ3) is 4.04. The molecule has 0 amide bonds. The number of piperidine rings is 2. The van der Waals surface area contributed by atoms with Gasteiger partial charge in [-0.15, -0.1) is 0 Å². The largest absolute Gasteiger partial charge is 0.332 e. The van der Waals surface area contributed by atoms with Crippen molar-refractivity contribution in [2.24, 2.45) is 11.8 Å². The summed E-state index contributed by atoms with van der Waals surface area (Å²) in [6.07, 6.45) is 8.10.